The van der Waals surface area contributed by atoms with Crippen LogP contribution in [-0.2, 0) is 9.47 Å². The molecule has 0 aromatic rings. The van der Waals surface area contributed by atoms with Crippen molar-refractivity contribution in [3.05, 3.63) is 0 Å². The normalized spacial score (nSPS) is 12.3. The molecule has 0 saturated carbocycles. The first kappa shape index (κ1) is 17.9. The van der Waals surface area contributed by atoms with Crippen LogP contribution in [0.5, 0.6) is 0 Å². The van der Waals surface area contributed by atoms with Crippen molar-refractivity contribution >= 4 is 0 Å². The predicted molar refractivity (Wildman–Crippen MR) is 78.1 cm³/mol. The number of ether oxygens (including phenoxy) is 2. The topological polar surface area (TPSA) is 30.5 Å². The van der Waals surface area contributed by atoms with E-state index in [1.54, 1.807) is 7.11 Å². The van der Waals surface area contributed by atoms with E-state index in [0.29, 0.717) is 11.5 Å². The lowest BCUT2D eigenvalue weighted by Crippen LogP contribution is -2.37. The van der Waals surface area contributed by atoms with Crippen LogP contribution < -0.4 is 5.32 Å². The van der Waals surface area contributed by atoms with Crippen molar-refractivity contribution in [3.63, 3.8) is 0 Å². The van der Waals surface area contributed by atoms with E-state index in [9.17, 15) is 0 Å². The van der Waals surface area contributed by atoms with Crippen LogP contribution in [0.4, 0.5) is 0 Å². The molecular weight excluding hydrogens is 226 g/mol. The summed E-state index contributed by atoms with van der Waals surface area (Å²) in [5, 5.41) is 3.57. The molecule has 0 spiro atoms. The number of methoxy groups -OCH3 is 1. The smallest absolute Gasteiger partial charge is 0.0487 e. The van der Waals surface area contributed by atoms with Crippen molar-refractivity contribution in [1.29, 1.82) is 0 Å². The van der Waals surface area contributed by atoms with Gasteiger partial charge in [-0.05, 0) is 31.1 Å². The Bertz CT molecular complexity index is 179. The molecular formula is C15H33NO2. The number of hydrogen-bond acceptors (Lipinski definition) is 3. The van der Waals surface area contributed by atoms with Gasteiger partial charge in [0.1, 0.15) is 0 Å². The summed E-state index contributed by atoms with van der Waals surface area (Å²) in [6.45, 7) is 12.6. The first-order valence-corrected chi connectivity index (χ1v) is 7.40. The molecule has 0 radical (unpaired) electrons. The van der Waals surface area contributed by atoms with Crippen molar-refractivity contribution in [3.8, 4) is 0 Å². The maximum Gasteiger partial charge on any atom is 0.0487 e. The minimum absolute atomic E-state index is 0.394. The molecule has 110 valence electrons. The molecule has 0 saturated heterocycles. The highest BCUT2D eigenvalue weighted by Gasteiger charge is 2.25. The van der Waals surface area contributed by atoms with Crippen molar-refractivity contribution in [2.45, 2.75) is 59.4 Å². The van der Waals surface area contributed by atoms with Crippen molar-refractivity contribution in [2.24, 2.45) is 5.41 Å². The van der Waals surface area contributed by atoms with Crippen LogP contribution in [0.25, 0.3) is 0 Å². The second kappa shape index (κ2) is 10.8. The second-order valence-electron chi connectivity index (χ2n) is 5.45. The SMILES string of the molecule is CCC(CC)(CCOCCCOC)CNC(C)C. The predicted octanol–water partition coefficient (Wildman–Crippen LogP) is 3.23. The Labute approximate surface area is 114 Å². The number of nitrogens with one attached hydrogen (secondary N) is 1. The molecule has 1 N–H and O–H groups in total. The summed E-state index contributed by atoms with van der Waals surface area (Å²) >= 11 is 0. The van der Waals surface area contributed by atoms with Gasteiger partial charge in [-0.2, -0.15) is 0 Å². The molecule has 3 heteroatoms. The van der Waals surface area contributed by atoms with E-state index >= 15 is 0 Å². The fourth-order valence-electron chi connectivity index (χ4n) is 2.06. The molecule has 0 rings (SSSR count). The lowest BCUT2D eigenvalue weighted by Gasteiger charge is -2.33. The van der Waals surface area contributed by atoms with Crippen LogP contribution in [0, 0.1) is 5.41 Å². The van der Waals surface area contributed by atoms with Gasteiger partial charge in [0.25, 0.3) is 0 Å². The van der Waals surface area contributed by atoms with Crippen LogP contribution in [-0.4, -0.2) is 39.5 Å². The van der Waals surface area contributed by atoms with E-state index in [1.807, 2.05) is 0 Å². The standard InChI is InChI=1S/C15H33NO2/c1-6-15(7-2,13-16-14(3)4)9-12-18-11-8-10-17-5/h14,16H,6-13H2,1-5H3. The zero-order chi connectivity index (χ0) is 13.9. The lowest BCUT2D eigenvalue weighted by atomic mass is 9.79. The summed E-state index contributed by atoms with van der Waals surface area (Å²) in [7, 11) is 1.73. The Morgan fingerprint density at radius 1 is 1.06 bits per heavy atom. The highest BCUT2D eigenvalue weighted by molar-refractivity contribution is 4.79. The van der Waals surface area contributed by atoms with E-state index in [4.69, 9.17) is 9.47 Å². The molecule has 0 bridgehead atoms. The second-order valence-corrected chi connectivity index (χ2v) is 5.45. The van der Waals surface area contributed by atoms with Gasteiger partial charge in [-0.1, -0.05) is 27.7 Å². The van der Waals surface area contributed by atoms with Gasteiger partial charge in [0.05, 0.1) is 0 Å². The molecule has 18 heavy (non-hydrogen) atoms. The third kappa shape index (κ3) is 8.06. The molecule has 0 aliphatic rings. The Morgan fingerprint density at radius 3 is 2.22 bits per heavy atom. The maximum absolute atomic E-state index is 5.69. The molecule has 0 unspecified atom stereocenters. The van der Waals surface area contributed by atoms with Gasteiger partial charge >= 0.3 is 0 Å². The molecule has 0 aliphatic heterocycles. The van der Waals surface area contributed by atoms with Gasteiger partial charge in [-0.25, -0.2) is 0 Å². The summed E-state index contributed by atoms with van der Waals surface area (Å²) in [6.07, 6.45) is 4.56. The van der Waals surface area contributed by atoms with Crippen molar-refractivity contribution in [2.75, 3.05) is 33.5 Å². The molecule has 3 nitrogen and oxygen atoms in total. The first-order valence-electron chi connectivity index (χ1n) is 7.40. The molecule has 0 aromatic carbocycles. The summed E-state index contributed by atoms with van der Waals surface area (Å²) in [5.74, 6) is 0. The van der Waals surface area contributed by atoms with Crippen LogP contribution in [0.1, 0.15) is 53.4 Å². The molecule has 0 atom stereocenters. The fourth-order valence-corrected chi connectivity index (χ4v) is 2.06. The third-order valence-corrected chi connectivity index (χ3v) is 3.80. The van der Waals surface area contributed by atoms with Crippen LogP contribution in [0.3, 0.4) is 0 Å². The average molecular weight is 259 g/mol. The van der Waals surface area contributed by atoms with Crippen molar-refractivity contribution in [1.82, 2.24) is 5.32 Å². The average Bonchev–Trinajstić information content (AvgIpc) is 2.37. The first-order chi connectivity index (χ1) is 8.60. The van der Waals surface area contributed by atoms with Gasteiger partial charge in [-0.3, -0.25) is 0 Å². The van der Waals surface area contributed by atoms with E-state index in [-0.39, 0.29) is 0 Å². The van der Waals surface area contributed by atoms with Crippen molar-refractivity contribution < 1.29 is 9.47 Å². The number of hydrogen-bond donors (Lipinski definition) is 1. The summed E-state index contributed by atoms with van der Waals surface area (Å²) in [5.41, 5.74) is 0.394. The Balaban J connectivity index is 3.87. The van der Waals surface area contributed by atoms with Crippen LogP contribution >= 0.6 is 0 Å². The Morgan fingerprint density at radius 2 is 1.72 bits per heavy atom. The van der Waals surface area contributed by atoms with Gasteiger partial charge in [-0.15, -0.1) is 0 Å². The van der Waals surface area contributed by atoms with Gasteiger partial charge in [0.2, 0.25) is 0 Å². The monoisotopic (exact) mass is 259 g/mol. The highest BCUT2D eigenvalue weighted by Crippen LogP contribution is 2.29. The quantitative estimate of drug-likeness (QED) is 0.546. The highest BCUT2D eigenvalue weighted by atomic mass is 16.5. The van der Waals surface area contributed by atoms with E-state index < -0.39 is 0 Å². The maximum atomic E-state index is 5.69. The summed E-state index contributed by atoms with van der Waals surface area (Å²) in [4.78, 5) is 0. The summed E-state index contributed by atoms with van der Waals surface area (Å²) in [6, 6.07) is 0.560. The zero-order valence-electron chi connectivity index (χ0n) is 13.1. The Hall–Kier alpha value is -0.120. The van der Waals surface area contributed by atoms with E-state index in [1.165, 1.54) is 12.8 Å². The molecule has 0 aromatic heterocycles. The largest absolute Gasteiger partial charge is 0.385 e. The van der Waals surface area contributed by atoms with Gasteiger partial charge in [0, 0.05) is 39.5 Å². The van der Waals surface area contributed by atoms with Crippen LogP contribution in [0.2, 0.25) is 0 Å². The Kier molecular flexibility index (Phi) is 10.7. The minimum Gasteiger partial charge on any atom is -0.385 e. The lowest BCUT2D eigenvalue weighted by molar-refractivity contribution is 0.0716. The molecule has 0 aliphatic carbocycles. The van der Waals surface area contributed by atoms with E-state index in [0.717, 1.165) is 39.2 Å². The number of rotatable bonds is 12. The molecule has 0 fully saturated rings. The summed E-state index contributed by atoms with van der Waals surface area (Å²) < 4.78 is 10.7. The molecule has 0 heterocycles. The van der Waals surface area contributed by atoms with Gasteiger partial charge < -0.3 is 14.8 Å². The van der Waals surface area contributed by atoms with Gasteiger partial charge in [0.15, 0.2) is 0 Å². The molecule has 0 amide bonds. The minimum atomic E-state index is 0.394. The third-order valence-electron chi connectivity index (χ3n) is 3.80. The zero-order valence-corrected chi connectivity index (χ0v) is 13.1. The fraction of sp³-hybridized carbons (Fsp3) is 1.00. The van der Waals surface area contributed by atoms with Crippen LogP contribution in [0.15, 0.2) is 0 Å². The van der Waals surface area contributed by atoms with E-state index in [2.05, 4.69) is 33.0 Å².